The number of amides is 1. The molecule has 0 saturated carbocycles. The highest BCUT2D eigenvalue weighted by Crippen LogP contribution is 2.33. The third-order valence-corrected chi connectivity index (χ3v) is 6.16. The van der Waals surface area contributed by atoms with E-state index in [0.29, 0.717) is 22.9 Å². The normalized spacial score (nSPS) is 11.0. The smallest absolute Gasteiger partial charge is 0.292 e. The Labute approximate surface area is 164 Å². The minimum atomic E-state index is -0.298. The summed E-state index contributed by atoms with van der Waals surface area (Å²) in [5, 5.41) is 5.79. The van der Waals surface area contributed by atoms with Gasteiger partial charge in [-0.2, -0.15) is 0 Å². The fourth-order valence-electron chi connectivity index (χ4n) is 2.67. The number of benzene rings is 1. The van der Waals surface area contributed by atoms with Gasteiger partial charge in [0.15, 0.2) is 5.76 Å². The number of thiazole rings is 1. The van der Waals surface area contributed by atoms with E-state index < -0.39 is 0 Å². The molecule has 0 aliphatic carbocycles. The highest BCUT2D eigenvalue weighted by Gasteiger charge is 2.21. The Morgan fingerprint density at radius 2 is 2.07 bits per heavy atom. The van der Waals surface area contributed by atoms with Gasteiger partial charge in [-0.15, -0.1) is 11.3 Å². The number of pyridine rings is 1. The number of nitrogens with one attached hydrogen (secondary N) is 1. The fourth-order valence-corrected chi connectivity index (χ4v) is 4.55. The Morgan fingerprint density at radius 3 is 2.81 bits per heavy atom. The Hall–Kier alpha value is -2.64. The first-order valence-electron chi connectivity index (χ1n) is 8.39. The summed E-state index contributed by atoms with van der Waals surface area (Å²) in [6, 6.07) is 11.4. The fraction of sp³-hybridized carbons (Fsp3) is 0.150. The molecule has 1 amide bonds. The average molecular weight is 396 g/mol. The van der Waals surface area contributed by atoms with Gasteiger partial charge < -0.3 is 9.73 Å². The zero-order valence-electron chi connectivity index (χ0n) is 14.9. The Kier molecular flexibility index (Phi) is 4.96. The summed E-state index contributed by atoms with van der Waals surface area (Å²) < 4.78 is 6.86. The van der Waals surface area contributed by atoms with Crippen molar-refractivity contribution in [3.63, 3.8) is 0 Å². The van der Waals surface area contributed by atoms with E-state index in [9.17, 15) is 4.79 Å². The summed E-state index contributed by atoms with van der Waals surface area (Å²) in [7, 11) is 0. The van der Waals surface area contributed by atoms with Crippen LogP contribution < -0.4 is 5.32 Å². The highest BCUT2D eigenvalue weighted by atomic mass is 32.2. The van der Waals surface area contributed by atoms with Gasteiger partial charge in [0.25, 0.3) is 5.91 Å². The number of anilines is 1. The van der Waals surface area contributed by atoms with Crippen molar-refractivity contribution in [2.45, 2.75) is 23.9 Å². The highest BCUT2D eigenvalue weighted by molar-refractivity contribution is 8.00. The van der Waals surface area contributed by atoms with Crippen LogP contribution in [0.5, 0.6) is 0 Å². The molecule has 4 rings (SSSR count). The van der Waals surface area contributed by atoms with Gasteiger partial charge in [-0.3, -0.25) is 4.79 Å². The number of hydrogen-bond acceptors (Lipinski definition) is 6. The van der Waals surface area contributed by atoms with Crippen LogP contribution in [0, 0.1) is 13.8 Å². The summed E-state index contributed by atoms with van der Waals surface area (Å²) in [4.78, 5) is 21.6. The number of furan rings is 1. The van der Waals surface area contributed by atoms with Gasteiger partial charge in [-0.25, -0.2) is 9.97 Å². The molecule has 4 aromatic rings. The minimum absolute atomic E-state index is 0.298. The lowest BCUT2D eigenvalue weighted by Crippen LogP contribution is -2.13. The molecule has 0 radical (unpaired) electrons. The number of hydrogen-bond donors (Lipinski definition) is 1. The van der Waals surface area contributed by atoms with Gasteiger partial charge in [-0.05, 0) is 31.5 Å². The van der Waals surface area contributed by atoms with E-state index >= 15 is 0 Å². The van der Waals surface area contributed by atoms with Crippen LogP contribution in [0.1, 0.15) is 27.4 Å². The number of aryl methyl sites for hydroxylation is 2. The van der Waals surface area contributed by atoms with Crippen LogP contribution >= 0.6 is 23.1 Å². The van der Waals surface area contributed by atoms with Gasteiger partial charge in [0.2, 0.25) is 0 Å². The van der Waals surface area contributed by atoms with Crippen LogP contribution in [0.4, 0.5) is 5.82 Å². The molecule has 0 atom stereocenters. The SMILES string of the molecule is Cc1ccc(NC(=O)c2oc3ccccc3c2CSc2nc(C)cs2)nc1. The Balaban J connectivity index is 1.64. The van der Waals surface area contributed by atoms with Gasteiger partial charge >= 0.3 is 0 Å². The molecule has 0 aliphatic heterocycles. The molecule has 3 aromatic heterocycles. The molecule has 136 valence electrons. The summed E-state index contributed by atoms with van der Waals surface area (Å²) in [5.41, 5.74) is 3.61. The zero-order valence-corrected chi connectivity index (χ0v) is 16.5. The molecule has 0 unspecified atom stereocenters. The molecule has 0 aliphatic rings. The van der Waals surface area contributed by atoms with E-state index in [1.807, 2.05) is 49.6 Å². The van der Waals surface area contributed by atoms with Crippen LogP contribution in [-0.2, 0) is 5.75 Å². The van der Waals surface area contributed by atoms with Crippen molar-refractivity contribution >= 4 is 45.8 Å². The Morgan fingerprint density at radius 1 is 1.22 bits per heavy atom. The number of para-hydroxylation sites is 1. The minimum Gasteiger partial charge on any atom is -0.451 e. The lowest BCUT2D eigenvalue weighted by molar-refractivity contribution is 0.0997. The first-order chi connectivity index (χ1) is 13.1. The standard InChI is InChI=1S/C20H17N3O2S2/c1-12-7-8-17(21-9-12)23-19(24)18-15(11-27-20-22-13(2)10-26-20)14-5-3-4-6-16(14)25-18/h3-10H,11H2,1-2H3,(H,21,23,24). The number of rotatable bonds is 5. The number of nitrogens with zero attached hydrogens (tertiary/aromatic N) is 2. The van der Waals surface area contributed by atoms with Crippen molar-refractivity contribution in [2.24, 2.45) is 0 Å². The number of carbonyl (C=O) groups is 1. The van der Waals surface area contributed by atoms with Crippen LogP contribution in [0.2, 0.25) is 0 Å². The number of aromatic nitrogens is 2. The van der Waals surface area contributed by atoms with Crippen LogP contribution in [-0.4, -0.2) is 15.9 Å². The topological polar surface area (TPSA) is 68.0 Å². The molecule has 5 nitrogen and oxygen atoms in total. The second-order valence-corrected chi connectivity index (χ2v) is 8.20. The second-order valence-electron chi connectivity index (χ2n) is 6.12. The van der Waals surface area contributed by atoms with E-state index in [0.717, 1.165) is 26.5 Å². The third-order valence-electron chi connectivity index (χ3n) is 4.00. The van der Waals surface area contributed by atoms with Gasteiger partial charge in [0.1, 0.15) is 15.7 Å². The molecular formula is C20H17N3O2S2. The van der Waals surface area contributed by atoms with Gasteiger partial charge in [0.05, 0.1) is 0 Å². The quantitative estimate of drug-likeness (QED) is 0.455. The summed E-state index contributed by atoms with van der Waals surface area (Å²) >= 11 is 3.21. The summed E-state index contributed by atoms with van der Waals surface area (Å²) in [5.74, 6) is 1.13. The van der Waals surface area contributed by atoms with E-state index in [1.165, 1.54) is 0 Å². The van der Waals surface area contributed by atoms with Crippen molar-refractivity contribution in [3.05, 3.63) is 70.6 Å². The number of fused-ring (bicyclic) bond motifs is 1. The molecule has 1 N–H and O–H groups in total. The van der Waals surface area contributed by atoms with E-state index in [1.54, 1.807) is 35.4 Å². The van der Waals surface area contributed by atoms with E-state index in [2.05, 4.69) is 15.3 Å². The zero-order chi connectivity index (χ0) is 18.8. The molecular weight excluding hydrogens is 378 g/mol. The van der Waals surface area contributed by atoms with Crippen LogP contribution in [0.3, 0.4) is 0 Å². The predicted octanol–water partition coefficient (Wildman–Crippen LogP) is 5.45. The van der Waals surface area contributed by atoms with Gasteiger partial charge in [-0.1, -0.05) is 36.0 Å². The molecule has 0 fully saturated rings. The first-order valence-corrected chi connectivity index (χ1v) is 10.3. The largest absolute Gasteiger partial charge is 0.451 e. The van der Waals surface area contributed by atoms with Crippen molar-refractivity contribution < 1.29 is 9.21 Å². The monoisotopic (exact) mass is 395 g/mol. The Bertz CT molecular complexity index is 1100. The molecule has 1 aromatic carbocycles. The van der Waals surface area contributed by atoms with Crippen molar-refractivity contribution in [2.75, 3.05) is 5.32 Å². The summed E-state index contributed by atoms with van der Waals surface area (Å²) in [6.07, 6.45) is 1.72. The molecule has 27 heavy (non-hydrogen) atoms. The molecule has 7 heteroatoms. The van der Waals surface area contributed by atoms with Crippen molar-refractivity contribution in [1.29, 1.82) is 0 Å². The maximum absolute atomic E-state index is 12.8. The lowest BCUT2D eigenvalue weighted by Gasteiger charge is -2.05. The van der Waals surface area contributed by atoms with E-state index in [-0.39, 0.29) is 5.91 Å². The maximum Gasteiger partial charge on any atom is 0.292 e. The average Bonchev–Trinajstić information content (AvgIpc) is 3.25. The van der Waals surface area contributed by atoms with Gasteiger partial charge in [0, 0.05) is 34.0 Å². The van der Waals surface area contributed by atoms with Crippen LogP contribution in [0.15, 0.2) is 56.7 Å². The lowest BCUT2D eigenvalue weighted by atomic mass is 10.1. The molecule has 0 saturated heterocycles. The second kappa shape index (κ2) is 7.54. The molecule has 0 bridgehead atoms. The molecule has 3 heterocycles. The predicted molar refractivity (Wildman–Crippen MR) is 110 cm³/mol. The number of thioether (sulfide) groups is 1. The van der Waals surface area contributed by atoms with Crippen LogP contribution in [0.25, 0.3) is 11.0 Å². The summed E-state index contributed by atoms with van der Waals surface area (Å²) in [6.45, 7) is 3.93. The third kappa shape index (κ3) is 3.89. The number of carbonyl (C=O) groups excluding carboxylic acids is 1. The van der Waals surface area contributed by atoms with Crippen molar-refractivity contribution in [3.8, 4) is 0 Å². The maximum atomic E-state index is 12.8. The van der Waals surface area contributed by atoms with E-state index in [4.69, 9.17) is 4.42 Å². The molecule has 0 spiro atoms. The van der Waals surface area contributed by atoms with Crippen molar-refractivity contribution in [1.82, 2.24) is 9.97 Å². The first kappa shape index (κ1) is 17.8.